The highest BCUT2D eigenvalue weighted by molar-refractivity contribution is 8.00. The summed E-state index contributed by atoms with van der Waals surface area (Å²) < 4.78 is 0.241. The van der Waals surface area contributed by atoms with Gasteiger partial charge in [-0.1, -0.05) is 0 Å². The molecule has 1 fully saturated rings. The monoisotopic (exact) mass is 282 g/mol. The van der Waals surface area contributed by atoms with Crippen molar-refractivity contribution in [2.45, 2.75) is 17.6 Å². The van der Waals surface area contributed by atoms with Crippen LogP contribution in [0.15, 0.2) is 18.2 Å². The zero-order valence-corrected chi connectivity index (χ0v) is 11.2. The van der Waals surface area contributed by atoms with Crippen LogP contribution >= 0.6 is 11.8 Å². The summed E-state index contributed by atoms with van der Waals surface area (Å²) in [5, 5.41) is 22.9. The second-order valence-corrected chi connectivity index (χ2v) is 5.81. The van der Waals surface area contributed by atoms with Crippen molar-refractivity contribution in [3.8, 4) is 0 Å². The van der Waals surface area contributed by atoms with E-state index >= 15 is 0 Å². The normalized spacial score (nSPS) is 15.8. The molecule has 0 atom stereocenters. The summed E-state index contributed by atoms with van der Waals surface area (Å²) >= 11 is 1.79. The van der Waals surface area contributed by atoms with Gasteiger partial charge >= 0.3 is 5.97 Å². The zero-order valence-electron chi connectivity index (χ0n) is 10.4. The van der Waals surface area contributed by atoms with Crippen molar-refractivity contribution in [3.05, 3.63) is 33.9 Å². The van der Waals surface area contributed by atoms with Gasteiger partial charge in [0.1, 0.15) is 5.56 Å². The SMILES string of the molecule is CSC1(CNc2ccc([N+](=O)[O-])c(C(=O)O)c2)CC1. The predicted molar refractivity (Wildman–Crippen MR) is 74.0 cm³/mol. The summed E-state index contributed by atoms with van der Waals surface area (Å²) in [5.41, 5.74) is -0.0728. The Labute approximate surface area is 114 Å². The highest BCUT2D eigenvalue weighted by atomic mass is 32.2. The van der Waals surface area contributed by atoms with Gasteiger partial charge in [-0.15, -0.1) is 0 Å². The topological polar surface area (TPSA) is 92.5 Å². The summed E-state index contributed by atoms with van der Waals surface area (Å²) in [4.78, 5) is 21.1. The first-order valence-corrected chi connectivity index (χ1v) is 7.01. The molecule has 7 heteroatoms. The van der Waals surface area contributed by atoms with Crippen LogP contribution in [0.1, 0.15) is 23.2 Å². The molecule has 0 aromatic heterocycles. The number of nitrogens with one attached hydrogen (secondary N) is 1. The van der Waals surface area contributed by atoms with Gasteiger partial charge in [-0.05, 0) is 31.2 Å². The third-order valence-electron chi connectivity index (χ3n) is 3.28. The van der Waals surface area contributed by atoms with E-state index in [1.54, 1.807) is 17.8 Å². The lowest BCUT2D eigenvalue weighted by Crippen LogP contribution is -2.17. The number of rotatable bonds is 6. The number of hydrogen-bond donors (Lipinski definition) is 2. The summed E-state index contributed by atoms with van der Waals surface area (Å²) in [7, 11) is 0. The number of aromatic carboxylic acids is 1. The average Bonchev–Trinajstić information content (AvgIpc) is 3.16. The number of carbonyl (C=O) groups is 1. The molecule has 0 bridgehead atoms. The van der Waals surface area contributed by atoms with Gasteiger partial charge in [-0.2, -0.15) is 11.8 Å². The van der Waals surface area contributed by atoms with Gasteiger partial charge in [0.05, 0.1) is 4.92 Å². The molecule has 0 heterocycles. The second-order valence-electron chi connectivity index (χ2n) is 4.53. The molecular formula is C12H14N2O4S. The Morgan fingerprint density at radius 1 is 1.58 bits per heavy atom. The smallest absolute Gasteiger partial charge is 0.342 e. The maximum absolute atomic E-state index is 11.0. The lowest BCUT2D eigenvalue weighted by atomic mass is 10.1. The molecule has 1 aliphatic rings. The van der Waals surface area contributed by atoms with Crippen molar-refractivity contribution in [2.75, 3.05) is 18.1 Å². The first kappa shape index (κ1) is 13.7. The maximum atomic E-state index is 11.0. The van der Waals surface area contributed by atoms with Crippen LogP contribution in [0.4, 0.5) is 11.4 Å². The van der Waals surface area contributed by atoms with Crippen LogP contribution in [0.2, 0.25) is 0 Å². The van der Waals surface area contributed by atoms with E-state index in [0.717, 1.165) is 19.4 Å². The fourth-order valence-electron chi connectivity index (χ4n) is 1.83. The van der Waals surface area contributed by atoms with Gasteiger partial charge in [0.15, 0.2) is 0 Å². The van der Waals surface area contributed by atoms with Gasteiger partial charge in [-0.3, -0.25) is 10.1 Å². The second kappa shape index (κ2) is 5.08. The molecule has 0 radical (unpaired) electrons. The van der Waals surface area contributed by atoms with E-state index in [0.29, 0.717) is 5.69 Å². The van der Waals surface area contributed by atoms with E-state index in [9.17, 15) is 14.9 Å². The summed E-state index contributed by atoms with van der Waals surface area (Å²) in [6.45, 7) is 0.741. The highest BCUT2D eigenvalue weighted by Crippen LogP contribution is 2.47. The molecule has 102 valence electrons. The average molecular weight is 282 g/mol. The lowest BCUT2D eigenvalue weighted by molar-refractivity contribution is -0.385. The Bertz CT molecular complexity index is 528. The Kier molecular flexibility index (Phi) is 3.66. The minimum absolute atomic E-state index is 0.241. The third kappa shape index (κ3) is 2.98. The molecule has 19 heavy (non-hydrogen) atoms. The molecule has 2 rings (SSSR count). The van der Waals surface area contributed by atoms with E-state index < -0.39 is 10.9 Å². The summed E-state index contributed by atoms with van der Waals surface area (Å²) in [5.74, 6) is -1.29. The van der Waals surface area contributed by atoms with Gasteiger partial charge in [-0.25, -0.2) is 4.79 Å². The number of anilines is 1. The minimum atomic E-state index is -1.29. The Morgan fingerprint density at radius 2 is 2.26 bits per heavy atom. The molecule has 0 amide bonds. The number of carboxylic acids is 1. The van der Waals surface area contributed by atoms with E-state index in [4.69, 9.17) is 5.11 Å². The molecule has 0 spiro atoms. The largest absolute Gasteiger partial charge is 0.477 e. The predicted octanol–water partition coefficient (Wildman–Crippen LogP) is 2.60. The van der Waals surface area contributed by atoms with Crippen LogP contribution in [0.5, 0.6) is 0 Å². The lowest BCUT2D eigenvalue weighted by Gasteiger charge is -2.14. The summed E-state index contributed by atoms with van der Waals surface area (Å²) in [6, 6.07) is 4.09. The minimum Gasteiger partial charge on any atom is -0.477 e. The fraction of sp³-hybridized carbons (Fsp3) is 0.417. The number of hydrogen-bond acceptors (Lipinski definition) is 5. The third-order valence-corrected chi connectivity index (χ3v) is 4.70. The van der Waals surface area contributed by atoms with E-state index in [1.165, 1.54) is 12.1 Å². The first-order valence-electron chi connectivity index (χ1n) is 5.78. The van der Waals surface area contributed by atoms with Crippen molar-refractivity contribution in [2.24, 2.45) is 0 Å². The van der Waals surface area contributed by atoms with Gasteiger partial charge in [0.2, 0.25) is 0 Å². The van der Waals surface area contributed by atoms with Crippen molar-refractivity contribution in [1.29, 1.82) is 0 Å². The van der Waals surface area contributed by atoms with Gasteiger partial charge < -0.3 is 10.4 Å². The number of nitro groups is 1. The maximum Gasteiger partial charge on any atom is 0.342 e. The van der Waals surface area contributed by atoms with Crippen molar-refractivity contribution < 1.29 is 14.8 Å². The number of nitro benzene ring substituents is 1. The number of nitrogens with zero attached hydrogens (tertiary/aromatic N) is 1. The molecular weight excluding hydrogens is 268 g/mol. The fourth-order valence-corrected chi connectivity index (χ4v) is 2.56. The van der Waals surface area contributed by atoms with Crippen molar-refractivity contribution >= 4 is 29.1 Å². The first-order chi connectivity index (χ1) is 8.97. The zero-order chi connectivity index (χ0) is 14.0. The van der Waals surface area contributed by atoms with Crippen LogP contribution in [-0.2, 0) is 0 Å². The molecule has 1 aliphatic carbocycles. The standard InChI is InChI=1S/C12H14N2O4S/c1-19-12(4-5-12)7-13-8-2-3-10(14(17)18)9(6-8)11(15)16/h2-3,6,13H,4-5,7H2,1H3,(H,15,16). The van der Waals surface area contributed by atoms with Crippen LogP contribution in [0.25, 0.3) is 0 Å². The Balaban J connectivity index is 2.16. The quantitative estimate of drug-likeness (QED) is 0.615. The molecule has 0 saturated heterocycles. The molecule has 2 N–H and O–H groups in total. The molecule has 0 unspecified atom stereocenters. The van der Waals surface area contributed by atoms with Crippen LogP contribution in [0, 0.1) is 10.1 Å². The van der Waals surface area contributed by atoms with Gasteiger partial charge in [0, 0.05) is 23.0 Å². The molecule has 1 aromatic rings. The van der Waals surface area contributed by atoms with E-state index in [2.05, 4.69) is 5.32 Å². The molecule has 6 nitrogen and oxygen atoms in total. The molecule has 1 saturated carbocycles. The highest BCUT2D eigenvalue weighted by Gasteiger charge is 2.41. The van der Waals surface area contributed by atoms with E-state index in [1.807, 2.05) is 6.26 Å². The number of thioether (sulfide) groups is 1. The van der Waals surface area contributed by atoms with Crippen molar-refractivity contribution in [1.82, 2.24) is 0 Å². The molecule has 1 aromatic carbocycles. The Hall–Kier alpha value is -1.76. The van der Waals surface area contributed by atoms with Crippen LogP contribution in [0.3, 0.4) is 0 Å². The number of carboxylic acid groups (broad SMARTS) is 1. The van der Waals surface area contributed by atoms with Crippen LogP contribution < -0.4 is 5.32 Å². The van der Waals surface area contributed by atoms with Gasteiger partial charge in [0.25, 0.3) is 5.69 Å². The molecule has 0 aliphatic heterocycles. The Morgan fingerprint density at radius 3 is 2.74 bits per heavy atom. The van der Waals surface area contributed by atoms with Crippen LogP contribution in [-0.4, -0.2) is 33.5 Å². The van der Waals surface area contributed by atoms with E-state index in [-0.39, 0.29) is 16.0 Å². The van der Waals surface area contributed by atoms with Crippen molar-refractivity contribution in [3.63, 3.8) is 0 Å². The summed E-state index contributed by atoms with van der Waals surface area (Å²) in [6.07, 6.45) is 4.33. The number of benzene rings is 1.